The van der Waals surface area contributed by atoms with Gasteiger partial charge < -0.3 is 5.11 Å². The highest BCUT2D eigenvalue weighted by atomic mass is 32.2. The number of hydrogen-bond acceptors (Lipinski definition) is 4. The summed E-state index contributed by atoms with van der Waals surface area (Å²) in [5, 5.41) is 9.00. The van der Waals surface area contributed by atoms with E-state index >= 15 is 0 Å². The Morgan fingerprint density at radius 1 is 1.33 bits per heavy atom. The van der Waals surface area contributed by atoms with Gasteiger partial charge in [0.2, 0.25) is 0 Å². The Bertz CT molecular complexity index is 146. The molecule has 0 atom stereocenters. The number of carbonyl (C=O) groups is 1. The second-order valence-electron chi connectivity index (χ2n) is 2.21. The van der Waals surface area contributed by atoms with E-state index < -0.39 is 10.0 Å². The van der Waals surface area contributed by atoms with Crippen molar-refractivity contribution in [1.29, 1.82) is 0 Å². The molecule has 0 heterocycles. The van der Waals surface area contributed by atoms with Gasteiger partial charge in [0.25, 0.3) is 0 Å². The summed E-state index contributed by atoms with van der Waals surface area (Å²) >= 11 is 4.52. The van der Waals surface area contributed by atoms with E-state index in [4.69, 9.17) is 5.11 Å². The molecular formula is C7H14O2S3. The first kappa shape index (κ1) is 12.5. The summed E-state index contributed by atoms with van der Waals surface area (Å²) in [6.07, 6.45) is 6.41. The van der Waals surface area contributed by atoms with Crippen LogP contribution in [0.4, 0.5) is 0 Å². The quantitative estimate of drug-likeness (QED) is 0.703. The Morgan fingerprint density at radius 3 is 2.08 bits per heavy atom. The van der Waals surface area contributed by atoms with Gasteiger partial charge in [0, 0.05) is 0 Å². The topological polar surface area (TPSA) is 37.3 Å². The summed E-state index contributed by atoms with van der Waals surface area (Å²) in [6, 6.07) is 0. The number of carboxylic acids is 1. The minimum absolute atomic E-state index is 0.636. The predicted molar refractivity (Wildman–Crippen MR) is 60.4 cm³/mol. The molecule has 0 fully saturated rings. The number of carboxylic acid groups (broad SMARTS) is 1. The standard InChI is InChI=1S/C7H14O2S3/c1-10-5-4-7(11-2,12-3)6(8)9/h4-5H2,1-3H3,(H,8,9). The van der Waals surface area contributed by atoms with Crippen molar-refractivity contribution in [1.82, 2.24) is 0 Å². The number of aliphatic carboxylic acids is 1. The fraction of sp³-hybridized carbons (Fsp3) is 0.857. The van der Waals surface area contributed by atoms with E-state index in [1.165, 1.54) is 23.5 Å². The Hall–Kier alpha value is 0.520. The van der Waals surface area contributed by atoms with Gasteiger partial charge in [-0.05, 0) is 30.9 Å². The Morgan fingerprint density at radius 2 is 1.83 bits per heavy atom. The molecule has 0 aliphatic heterocycles. The van der Waals surface area contributed by atoms with Crippen molar-refractivity contribution in [2.45, 2.75) is 10.5 Å². The van der Waals surface area contributed by atoms with Gasteiger partial charge in [-0.2, -0.15) is 11.8 Å². The van der Waals surface area contributed by atoms with Gasteiger partial charge in [0.05, 0.1) is 0 Å². The molecule has 0 radical (unpaired) electrons. The molecule has 0 saturated heterocycles. The lowest BCUT2D eigenvalue weighted by Crippen LogP contribution is -2.31. The number of hydrogen-bond donors (Lipinski definition) is 1. The normalized spacial score (nSPS) is 11.6. The maximum Gasteiger partial charge on any atom is 0.330 e. The van der Waals surface area contributed by atoms with Crippen LogP contribution < -0.4 is 0 Å². The van der Waals surface area contributed by atoms with Crippen LogP contribution in [0.5, 0.6) is 0 Å². The van der Waals surface area contributed by atoms with Crippen LogP contribution in [0.1, 0.15) is 6.42 Å². The zero-order chi connectivity index (χ0) is 9.61. The molecule has 72 valence electrons. The SMILES string of the molecule is CSCCC(SC)(SC)C(=O)O. The van der Waals surface area contributed by atoms with E-state index in [1.54, 1.807) is 11.8 Å². The second-order valence-corrected chi connectivity index (χ2v) is 5.66. The summed E-state index contributed by atoms with van der Waals surface area (Å²) in [7, 11) is 0. The van der Waals surface area contributed by atoms with Crippen molar-refractivity contribution in [3.63, 3.8) is 0 Å². The third kappa shape index (κ3) is 3.11. The molecular weight excluding hydrogens is 212 g/mol. The van der Waals surface area contributed by atoms with Crippen molar-refractivity contribution in [2.75, 3.05) is 24.5 Å². The summed E-state index contributed by atoms with van der Waals surface area (Å²) in [6.45, 7) is 0. The van der Waals surface area contributed by atoms with Crippen molar-refractivity contribution in [3.8, 4) is 0 Å². The van der Waals surface area contributed by atoms with Crippen LogP contribution in [0.3, 0.4) is 0 Å². The van der Waals surface area contributed by atoms with Crippen molar-refractivity contribution in [3.05, 3.63) is 0 Å². The summed E-state index contributed by atoms with van der Waals surface area (Å²) in [4.78, 5) is 10.9. The molecule has 0 aromatic rings. The Kier molecular flexibility index (Phi) is 6.31. The average molecular weight is 226 g/mol. The van der Waals surface area contributed by atoms with Gasteiger partial charge in [-0.1, -0.05) is 0 Å². The van der Waals surface area contributed by atoms with Gasteiger partial charge in [0.1, 0.15) is 0 Å². The number of thioether (sulfide) groups is 3. The molecule has 0 spiro atoms. The average Bonchev–Trinajstić information content (AvgIpc) is 2.07. The van der Waals surface area contributed by atoms with E-state index in [0.717, 1.165) is 5.75 Å². The van der Waals surface area contributed by atoms with E-state index in [-0.39, 0.29) is 0 Å². The molecule has 0 amide bonds. The van der Waals surface area contributed by atoms with Gasteiger partial charge in [-0.3, -0.25) is 0 Å². The van der Waals surface area contributed by atoms with E-state index in [9.17, 15) is 4.79 Å². The fourth-order valence-electron chi connectivity index (χ4n) is 0.805. The van der Waals surface area contributed by atoms with Crippen molar-refractivity contribution >= 4 is 41.3 Å². The summed E-state index contributed by atoms with van der Waals surface area (Å²) in [5.41, 5.74) is 0. The van der Waals surface area contributed by atoms with Crippen LogP contribution in [0.15, 0.2) is 0 Å². The van der Waals surface area contributed by atoms with Crippen molar-refractivity contribution in [2.24, 2.45) is 0 Å². The van der Waals surface area contributed by atoms with Crippen LogP contribution in [-0.4, -0.2) is 39.7 Å². The maximum atomic E-state index is 10.9. The van der Waals surface area contributed by atoms with E-state index in [2.05, 4.69) is 0 Å². The lowest BCUT2D eigenvalue weighted by atomic mass is 10.3. The van der Waals surface area contributed by atoms with Crippen LogP contribution in [0, 0.1) is 0 Å². The minimum atomic E-state index is -0.712. The highest BCUT2D eigenvalue weighted by Gasteiger charge is 2.36. The van der Waals surface area contributed by atoms with E-state index in [1.807, 2.05) is 18.8 Å². The third-order valence-electron chi connectivity index (χ3n) is 1.62. The van der Waals surface area contributed by atoms with Crippen LogP contribution in [0.25, 0.3) is 0 Å². The first-order valence-corrected chi connectivity index (χ1v) is 7.30. The van der Waals surface area contributed by atoms with Gasteiger partial charge >= 0.3 is 5.97 Å². The molecule has 0 bridgehead atoms. The fourth-order valence-corrected chi connectivity index (χ4v) is 3.20. The zero-order valence-electron chi connectivity index (χ0n) is 7.49. The molecule has 5 heteroatoms. The summed E-state index contributed by atoms with van der Waals surface area (Å²) < 4.78 is -0.636. The smallest absolute Gasteiger partial charge is 0.330 e. The van der Waals surface area contributed by atoms with Gasteiger partial charge in [-0.25, -0.2) is 4.79 Å². The molecule has 2 nitrogen and oxygen atoms in total. The van der Waals surface area contributed by atoms with Crippen LogP contribution in [-0.2, 0) is 4.79 Å². The summed E-state index contributed by atoms with van der Waals surface area (Å²) in [5.74, 6) is 0.185. The molecule has 0 aliphatic rings. The largest absolute Gasteiger partial charge is 0.480 e. The lowest BCUT2D eigenvalue weighted by molar-refractivity contribution is -0.137. The zero-order valence-corrected chi connectivity index (χ0v) is 9.94. The molecule has 0 aliphatic carbocycles. The van der Waals surface area contributed by atoms with Crippen molar-refractivity contribution < 1.29 is 9.90 Å². The molecule has 0 unspecified atom stereocenters. The highest BCUT2D eigenvalue weighted by Crippen LogP contribution is 2.38. The molecule has 1 N–H and O–H groups in total. The first-order valence-electron chi connectivity index (χ1n) is 3.45. The first-order chi connectivity index (χ1) is 5.63. The molecule has 12 heavy (non-hydrogen) atoms. The van der Waals surface area contributed by atoms with E-state index in [0.29, 0.717) is 6.42 Å². The molecule has 0 saturated carbocycles. The van der Waals surface area contributed by atoms with Gasteiger partial charge in [-0.15, -0.1) is 23.5 Å². The minimum Gasteiger partial charge on any atom is -0.480 e. The maximum absolute atomic E-state index is 10.9. The van der Waals surface area contributed by atoms with Gasteiger partial charge in [0.15, 0.2) is 4.08 Å². The van der Waals surface area contributed by atoms with Crippen LogP contribution >= 0.6 is 35.3 Å². The second kappa shape index (κ2) is 6.05. The Labute approximate surface area is 86.3 Å². The molecule has 0 aromatic heterocycles. The lowest BCUT2D eigenvalue weighted by Gasteiger charge is -2.24. The monoisotopic (exact) mass is 226 g/mol. The molecule has 0 aromatic carbocycles. The highest BCUT2D eigenvalue weighted by molar-refractivity contribution is 8.18. The Balaban J connectivity index is 4.25. The molecule has 0 rings (SSSR count). The number of rotatable bonds is 6. The predicted octanol–water partition coefficient (Wildman–Crippen LogP) is 2.25. The van der Waals surface area contributed by atoms with Crippen LogP contribution in [0.2, 0.25) is 0 Å². The third-order valence-corrected chi connectivity index (χ3v) is 5.31.